The predicted molar refractivity (Wildman–Crippen MR) is 375 cm³/mol. The summed E-state index contributed by atoms with van der Waals surface area (Å²) in [6, 6.07) is 13.7. The summed E-state index contributed by atoms with van der Waals surface area (Å²) in [6.45, 7) is 21.6. The lowest BCUT2D eigenvalue weighted by atomic mass is 9.93. The van der Waals surface area contributed by atoms with E-state index < -0.39 is 0 Å². The molecule has 0 fully saturated rings. The number of thiophene rings is 4. The highest BCUT2D eigenvalue weighted by Crippen LogP contribution is 2.52. The standard InChI is InChI=1S/C75H121N3O2S4/c1-10-14-18-22-26-30-32-36-40-44-47-58(46-42-38-34-28-24-20-16-12-3)56-77-70(61-51-50-60(81-61)63-54-64-65(82-63)55-67(84-64)75(8,9)76)68-69(73(77)80)71(62-52-53-66(83-62)74(5,6)7)78(72(68)79)57-59(48-43-39-35-29-25-21-17-13-4)49-45-41-37-33-31-27-23-19-15-11-2/h50-55,58-59H,10-49,56-57,76H2,1-9H3. The highest BCUT2D eigenvalue weighted by atomic mass is 32.1. The topological polar surface area (TPSA) is 66.6 Å². The minimum atomic E-state index is -0.380. The van der Waals surface area contributed by atoms with Gasteiger partial charge in [0.1, 0.15) is 0 Å². The van der Waals surface area contributed by atoms with Crippen molar-refractivity contribution < 1.29 is 9.59 Å². The van der Waals surface area contributed by atoms with Gasteiger partial charge < -0.3 is 15.5 Å². The van der Waals surface area contributed by atoms with Crippen molar-refractivity contribution in [1.82, 2.24) is 9.80 Å². The zero-order valence-corrected chi connectivity index (χ0v) is 58.5. The second-order valence-corrected chi connectivity index (χ2v) is 32.1. The van der Waals surface area contributed by atoms with E-state index in [0.717, 1.165) is 46.8 Å². The smallest absolute Gasteiger partial charge is 0.261 e. The Kier molecular flexibility index (Phi) is 32.0. The molecule has 4 aromatic heterocycles. The van der Waals surface area contributed by atoms with Crippen LogP contribution in [0.1, 0.15) is 339 Å². The predicted octanol–water partition coefficient (Wildman–Crippen LogP) is 25.0. The van der Waals surface area contributed by atoms with Crippen molar-refractivity contribution in [2.75, 3.05) is 13.1 Å². The molecule has 0 aliphatic carbocycles. The normalized spacial score (nSPS) is 14.9. The number of unbranched alkanes of at least 4 members (excludes halogenated alkanes) is 32. The van der Waals surface area contributed by atoms with E-state index in [1.165, 1.54) is 260 Å². The zero-order chi connectivity index (χ0) is 60.2. The van der Waals surface area contributed by atoms with E-state index in [9.17, 15) is 0 Å². The van der Waals surface area contributed by atoms with Gasteiger partial charge in [0.25, 0.3) is 11.8 Å². The maximum absolute atomic E-state index is 16.1. The Morgan fingerprint density at radius 1 is 0.369 bits per heavy atom. The van der Waals surface area contributed by atoms with Gasteiger partial charge in [-0.1, -0.05) is 280 Å². The summed E-state index contributed by atoms with van der Waals surface area (Å²) in [5.41, 5.74) is 9.30. The van der Waals surface area contributed by atoms with Gasteiger partial charge in [-0.25, -0.2) is 0 Å². The minimum Gasteiger partial charge on any atom is -0.321 e. The van der Waals surface area contributed by atoms with Crippen molar-refractivity contribution in [2.45, 2.75) is 330 Å². The molecule has 472 valence electrons. The van der Waals surface area contributed by atoms with E-state index in [1.54, 1.807) is 34.0 Å². The third kappa shape index (κ3) is 22.5. The van der Waals surface area contributed by atoms with Crippen LogP contribution in [0, 0.1) is 11.8 Å². The van der Waals surface area contributed by atoms with E-state index in [4.69, 9.17) is 5.73 Å². The molecular formula is C75H121N3O2S4. The molecule has 0 aromatic carbocycles. The van der Waals surface area contributed by atoms with Crippen LogP contribution in [0.15, 0.2) is 47.5 Å². The number of nitrogens with zero attached hydrogens (tertiary/aromatic N) is 2. The molecule has 2 unspecified atom stereocenters. The largest absolute Gasteiger partial charge is 0.321 e. The van der Waals surface area contributed by atoms with Gasteiger partial charge in [0.05, 0.1) is 32.3 Å². The average molecular weight is 1230 g/mol. The highest BCUT2D eigenvalue weighted by Gasteiger charge is 2.50. The van der Waals surface area contributed by atoms with Crippen molar-refractivity contribution in [3.05, 3.63) is 67.1 Å². The molecule has 5 nitrogen and oxygen atoms in total. The molecule has 84 heavy (non-hydrogen) atoms. The Hall–Kier alpha value is -2.56. The molecule has 2 N–H and O–H groups in total. The maximum Gasteiger partial charge on any atom is 0.261 e. The molecule has 0 saturated carbocycles. The summed E-state index contributed by atoms with van der Waals surface area (Å²) < 4.78 is 2.55. The van der Waals surface area contributed by atoms with Crippen LogP contribution in [0.5, 0.6) is 0 Å². The first-order valence-electron chi connectivity index (χ1n) is 35.4. The average Bonchev–Trinajstić information content (AvgIpc) is 2.51. The molecule has 2 aliphatic rings. The SMILES string of the molecule is CCCCCCCCCCCCC(CCCCCCCCCC)CN1C(=O)C2=C(c3ccc(C(C)(C)C)s3)N(CC(CCCCCCCCCC)CCCCCCCCCCCC)C(=O)C2=C1c1ccc(-c2cc3sc(C(C)(C)N)cc3s2)s1. The Morgan fingerprint density at radius 2 is 0.690 bits per heavy atom. The number of rotatable bonds is 48. The minimum absolute atomic E-state index is 0.0468. The molecule has 2 amide bonds. The number of carbonyl (C=O) groups is 2. The molecule has 0 bridgehead atoms. The lowest BCUT2D eigenvalue weighted by Crippen LogP contribution is -2.34. The summed E-state index contributed by atoms with van der Waals surface area (Å²) in [5, 5.41) is 0. The quantitative estimate of drug-likeness (QED) is 0.0448. The molecule has 6 heterocycles. The molecule has 0 radical (unpaired) electrons. The summed E-state index contributed by atoms with van der Waals surface area (Å²) in [5.74, 6) is 0.874. The Labute approximate surface area is 531 Å². The van der Waals surface area contributed by atoms with Crippen LogP contribution in [0.25, 0.3) is 30.5 Å². The van der Waals surface area contributed by atoms with Crippen LogP contribution >= 0.6 is 45.3 Å². The van der Waals surface area contributed by atoms with Gasteiger partial charge in [-0.15, -0.1) is 45.3 Å². The first-order chi connectivity index (χ1) is 40.7. The fourth-order valence-electron chi connectivity index (χ4n) is 13.1. The van der Waals surface area contributed by atoms with Gasteiger partial charge in [-0.2, -0.15) is 0 Å². The number of nitrogens with two attached hydrogens (primary N) is 1. The van der Waals surface area contributed by atoms with Crippen LogP contribution < -0.4 is 5.73 Å². The molecular weight excluding hydrogens is 1100 g/mol. The Morgan fingerprint density at radius 3 is 1.02 bits per heavy atom. The number of hydrogen-bond acceptors (Lipinski definition) is 7. The van der Waals surface area contributed by atoms with Gasteiger partial charge >= 0.3 is 0 Å². The lowest BCUT2D eigenvalue weighted by Gasteiger charge is -2.29. The van der Waals surface area contributed by atoms with Crippen molar-refractivity contribution in [1.29, 1.82) is 0 Å². The maximum atomic E-state index is 16.1. The molecule has 4 aromatic rings. The van der Waals surface area contributed by atoms with E-state index in [0.29, 0.717) is 36.1 Å². The van der Waals surface area contributed by atoms with Crippen LogP contribution in [-0.4, -0.2) is 34.7 Å². The third-order valence-electron chi connectivity index (χ3n) is 18.4. The molecule has 0 spiro atoms. The number of amides is 2. The van der Waals surface area contributed by atoms with Crippen molar-refractivity contribution in [3.8, 4) is 9.75 Å². The van der Waals surface area contributed by atoms with Crippen molar-refractivity contribution >= 4 is 78.0 Å². The first-order valence-corrected chi connectivity index (χ1v) is 38.6. The number of hydrogen-bond donors (Lipinski definition) is 1. The lowest BCUT2D eigenvalue weighted by molar-refractivity contribution is -0.124. The number of fused-ring (bicyclic) bond motifs is 2. The molecule has 2 atom stereocenters. The van der Waals surface area contributed by atoms with E-state index in [1.807, 2.05) is 11.3 Å². The highest BCUT2D eigenvalue weighted by molar-refractivity contribution is 7.31. The van der Waals surface area contributed by atoms with Crippen LogP contribution in [0.3, 0.4) is 0 Å². The van der Waals surface area contributed by atoms with Gasteiger partial charge in [-0.3, -0.25) is 9.59 Å². The van der Waals surface area contributed by atoms with Gasteiger partial charge in [-0.05, 0) is 93.2 Å². The summed E-state index contributed by atoms with van der Waals surface area (Å²) >= 11 is 7.22. The van der Waals surface area contributed by atoms with Gasteiger partial charge in [0, 0.05) is 47.5 Å². The van der Waals surface area contributed by atoms with Crippen LogP contribution in [0.2, 0.25) is 0 Å². The van der Waals surface area contributed by atoms with Gasteiger partial charge in [0.15, 0.2) is 0 Å². The first kappa shape index (κ1) is 70.5. The fourth-order valence-corrected chi connectivity index (χ4v) is 17.8. The summed E-state index contributed by atoms with van der Waals surface area (Å²) in [7, 11) is 0. The Balaban J connectivity index is 1.35. The molecule has 0 saturated heterocycles. The number of carbonyl (C=O) groups excluding carboxylic acids is 2. The second-order valence-electron chi connectivity index (χ2n) is 27.7. The summed E-state index contributed by atoms with van der Waals surface area (Å²) in [4.78, 5) is 43.7. The van der Waals surface area contributed by atoms with Crippen LogP contribution in [0.4, 0.5) is 0 Å². The van der Waals surface area contributed by atoms with E-state index in [-0.39, 0.29) is 22.8 Å². The Bertz CT molecular complexity index is 2520. The van der Waals surface area contributed by atoms with E-state index in [2.05, 4.69) is 109 Å². The second kappa shape index (κ2) is 38.1. The van der Waals surface area contributed by atoms with E-state index >= 15 is 9.59 Å². The van der Waals surface area contributed by atoms with Crippen molar-refractivity contribution in [3.63, 3.8) is 0 Å². The van der Waals surface area contributed by atoms with Crippen LogP contribution in [-0.2, 0) is 20.5 Å². The van der Waals surface area contributed by atoms with Gasteiger partial charge in [0.2, 0.25) is 0 Å². The molecule has 9 heteroatoms. The molecule has 2 aliphatic heterocycles. The molecule has 6 rings (SSSR count). The zero-order valence-electron chi connectivity index (χ0n) is 55.2. The third-order valence-corrected chi connectivity index (χ3v) is 23.9. The summed E-state index contributed by atoms with van der Waals surface area (Å²) in [6.07, 6.45) is 51.9. The fraction of sp³-hybridized carbons (Fsp3) is 0.733. The monoisotopic (exact) mass is 1220 g/mol. The van der Waals surface area contributed by atoms with Crippen molar-refractivity contribution in [2.24, 2.45) is 17.6 Å².